The van der Waals surface area contributed by atoms with Gasteiger partial charge in [-0.15, -0.1) is 11.3 Å². The minimum Gasteiger partial charge on any atom is -0.477 e. The Morgan fingerprint density at radius 2 is 2.17 bits per heavy atom. The van der Waals surface area contributed by atoms with Crippen LogP contribution in [0.5, 0.6) is 5.88 Å². The van der Waals surface area contributed by atoms with Gasteiger partial charge in [0.05, 0.1) is 23.4 Å². The summed E-state index contributed by atoms with van der Waals surface area (Å²) in [6.45, 7) is 4.42. The molecule has 2 rings (SSSR count). The first-order valence-corrected chi connectivity index (χ1v) is 6.40. The van der Waals surface area contributed by atoms with Crippen LogP contribution < -0.4 is 16.0 Å². The number of rotatable bonds is 5. The summed E-state index contributed by atoms with van der Waals surface area (Å²) in [5.41, 5.74) is 6.22. The van der Waals surface area contributed by atoms with Crippen LogP contribution >= 0.6 is 11.3 Å². The SMILES string of the molecule is Cc1ncsc1CCOc1ncnc(NN)c1C. The van der Waals surface area contributed by atoms with Gasteiger partial charge in [-0.05, 0) is 13.8 Å². The molecule has 0 bridgehead atoms. The summed E-state index contributed by atoms with van der Waals surface area (Å²) in [6.07, 6.45) is 2.25. The van der Waals surface area contributed by atoms with Gasteiger partial charge in [-0.1, -0.05) is 0 Å². The van der Waals surface area contributed by atoms with Gasteiger partial charge in [0.25, 0.3) is 0 Å². The average molecular weight is 265 g/mol. The predicted octanol–water partition coefficient (Wildman–Crippen LogP) is 1.46. The van der Waals surface area contributed by atoms with Crippen molar-refractivity contribution >= 4 is 17.2 Å². The first-order chi connectivity index (χ1) is 8.72. The van der Waals surface area contributed by atoms with Crippen LogP contribution in [0.3, 0.4) is 0 Å². The maximum absolute atomic E-state index is 5.64. The Kier molecular flexibility index (Phi) is 4.06. The van der Waals surface area contributed by atoms with Crippen molar-refractivity contribution in [2.24, 2.45) is 5.84 Å². The molecule has 0 saturated carbocycles. The van der Waals surface area contributed by atoms with E-state index >= 15 is 0 Å². The molecule has 0 aliphatic heterocycles. The minimum absolute atomic E-state index is 0.556. The van der Waals surface area contributed by atoms with Gasteiger partial charge in [0.2, 0.25) is 5.88 Å². The molecule has 0 aliphatic carbocycles. The van der Waals surface area contributed by atoms with Crippen molar-refractivity contribution < 1.29 is 4.74 Å². The normalized spacial score (nSPS) is 10.4. The van der Waals surface area contributed by atoms with Crippen LogP contribution in [0.1, 0.15) is 16.1 Å². The molecule has 0 saturated heterocycles. The molecule has 6 nitrogen and oxygen atoms in total. The summed E-state index contributed by atoms with van der Waals surface area (Å²) in [4.78, 5) is 13.5. The summed E-state index contributed by atoms with van der Waals surface area (Å²) in [7, 11) is 0. The molecule has 2 aromatic rings. The zero-order chi connectivity index (χ0) is 13.0. The van der Waals surface area contributed by atoms with Crippen LogP contribution in [0, 0.1) is 13.8 Å². The Labute approximate surface area is 109 Å². The zero-order valence-electron chi connectivity index (χ0n) is 10.3. The van der Waals surface area contributed by atoms with E-state index in [1.54, 1.807) is 11.3 Å². The number of nitrogen functional groups attached to an aromatic ring is 1. The summed E-state index contributed by atoms with van der Waals surface area (Å²) < 4.78 is 5.64. The molecule has 0 amide bonds. The predicted molar refractivity (Wildman–Crippen MR) is 70.6 cm³/mol. The Bertz CT molecular complexity index is 528. The van der Waals surface area contributed by atoms with Gasteiger partial charge in [0, 0.05) is 11.3 Å². The van der Waals surface area contributed by atoms with E-state index in [9.17, 15) is 0 Å². The van der Waals surface area contributed by atoms with Crippen LogP contribution in [0.15, 0.2) is 11.8 Å². The molecule has 0 atom stereocenters. The number of aromatic nitrogens is 3. The summed E-state index contributed by atoms with van der Waals surface area (Å²) in [6, 6.07) is 0. The van der Waals surface area contributed by atoms with E-state index in [4.69, 9.17) is 10.6 Å². The lowest BCUT2D eigenvalue weighted by molar-refractivity contribution is 0.307. The smallest absolute Gasteiger partial charge is 0.221 e. The molecule has 2 heterocycles. The molecular formula is C11H15N5OS. The molecule has 0 aliphatic rings. The molecule has 2 aromatic heterocycles. The number of aryl methyl sites for hydroxylation is 1. The molecule has 3 N–H and O–H groups in total. The Balaban J connectivity index is 1.96. The molecule has 0 spiro atoms. The van der Waals surface area contributed by atoms with Crippen molar-refractivity contribution in [3.63, 3.8) is 0 Å². The third-order valence-corrected chi connectivity index (χ3v) is 3.58. The largest absolute Gasteiger partial charge is 0.477 e. The van der Waals surface area contributed by atoms with Crippen molar-refractivity contribution in [1.29, 1.82) is 0 Å². The summed E-state index contributed by atoms with van der Waals surface area (Å²) >= 11 is 1.64. The van der Waals surface area contributed by atoms with Crippen LogP contribution in [0.2, 0.25) is 0 Å². The molecule has 0 radical (unpaired) electrons. The lowest BCUT2D eigenvalue weighted by Crippen LogP contribution is -2.12. The minimum atomic E-state index is 0.556. The first kappa shape index (κ1) is 12.7. The number of anilines is 1. The van der Waals surface area contributed by atoms with Crippen molar-refractivity contribution in [1.82, 2.24) is 15.0 Å². The second-order valence-electron chi connectivity index (χ2n) is 3.76. The fourth-order valence-corrected chi connectivity index (χ4v) is 2.29. The highest BCUT2D eigenvalue weighted by atomic mass is 32.1. The van der Waals surface area contributed by atoms with Crippen molar-refractivity contribution in [2.75, 3.05) is 12.0 Å². The van der Waals surface area contributed by atoms with E-state index in [2.05, 4.69) is 20.4 Å². The standard InChI is InChI=1S/C11H15N5OS/c1-7-10(16-12)13-5-14-11(7)17-4-3-9-8(2)15-6-18-9/h5-6H,3-4,12H2,1-2H3,(H,13,14,16). The Morgan fingerprint density at radius 1 is 1.33 bits per heavy atom. The Hall–Kier alpha value is -1.73. The van der Waals surface area contributed by atoms with E-state index in [0.29, 0.717) is 18.3 Å². The molecule has 0 unspecified atom stereocenters. The van der Waals surface area contributed by atoms with Crippen molar-refractivity contribution in [3.8, 4) is 5.88 Å². The van der Waals surface area contributed by atoms with Gasteiger partial charge in [-0.2, -0.15) is 0 Å². The van der Waals surface area contributed by atoms with E-state index in [-0.39, 0.29) is 0 Å². The van der Waals surface area contributed by atoms with E-state index in [1.807, 2.05) is 19.4 Å². The molecule has 0 fully saturated rings. The van der Waals surface area contributed by atoms with Crippen LogP contribution in [0.4, 0.5) is 5.82 Å². The number of nitrogens with two attached hydrogens (primary N) is 1. The second-order valence-corrected chi connectivity index (χ2v) is 4.70. The number of nitrogens with one attached hydrogen (secondary N) is 1. The topological polar surface area (TPSA) is 86.0 Å². The molecule has 18 heavy (non-hydrogen) atoms. The monoisotopic (exact) mass is 265 g/mol. The fraction of sp³-hybridized carbons (Fsp3) is 0.364. The van der Waals surface area contributed by atoms with Gasteiger partial charge < -0.3 is 10.2 Å². The third kappa shape index (κ3) is 2.74. The highest BCUT2D eigenvalue weighted by molar-refractivity contribution is 7.09. The lowest BCUT2D eigenvalue weighted by atomic mass is 10.3. The highest BCUT2D eigenvalue weighted by Crippen LogP contribution is 2.20. The third-order valence-electron chi connectivity index (χ3n) is 2.59. The van der Waals surface area contributed by atoms with Gasteiger partial charge in [-0.25, -0.2) is 20.8 Å². The molecule has 0 aromatic carbocycles. The van der Waals surface area contributed by atoms with Crippen LogP contribution in [-0.4, -0.2) is 21.6 Å². The molecule has 7 heteroatoms. The molecule has 96 valence electrons. The maximum atomic E-state index is 5.64. The summed E-state index contributed by atoms with van der Waals surface area (Å²) in [5.74, 6) is 6.48. The van der Waals surface area contributed by atoms with Crippen molar-refractivity contribution in [2.45, 2.75) is 20.3 Å². The van der Waals surface area contributed by atoms with Crippen molar-refractivity contribution in [3.05, 3.63) is 28.0 Å². The number of hydrogen-bond acceptors (Lipinski definition) is 7. The van der Waals surface area contributed by atoms with Gasteiger partial charge in [0.15, 0.2) is 0 Å². The first-order valence-electron chi connectivity index (χ1n) is 5.52. The average Bonchev–Trinajstić information content (AvgIpc) is 2.77. The zero-order valence-corrected chi connectivity index (χ0v) is 11.1. The number of ether oxygens (including phenoxy) is 1. The van der Waals surface area contributed by atoms with E-state index in [0.717, 1.165) is 17.7 Å². The number of hydrazine groups is 1. The summed E-state index contributed by atoms with van der Waals surface area (Å²) in [5, 5.41) is 0. The number of hydrogen-bond donors (Lipinski definition) is 2. The fourth-order valence-electron chi connectivity index (χ4n) is 1.53. The number of thiazole rings is 1. The highest BCUT2D eigenvalue weighted by Gasteiger charge is 2.08. The quantitative estimate of drug-likeness (QED) is 0.628. The van der Waals surface area contributed by atoms with Gasteiger partial charge in [0.1, 0.15) is 12.1 Å². The van der Waals surface area contributed by atoms with Gasteiger partial charge in [-0.3, -0.25) is 0 Å². The van der Waals surface area contributed by atoms with Gasteiger partial charge >= 0.3 is 0 Å². The maximum Gasteiger partial charge on any atom is 0.221 e. The van der Waals surface area contributed by atoms with Crippen LogP contribution in [-0.2, 0) is 6.42 Å². The number of nitrogens with zero attached hydrogens (tertiary/aromatic N) is 3. The van der Waals surface area contributed by atoms with E-state index in [1.165, 1.54) is 11.2 Å². The van der Waals surface area contributed by atoms with Crippen LogP contribution in [0.25, 0.3) is 0 Å². The van der Waals surface area contributed by atoms with E-state index < -0.39 is 0 Å². The Morgan fingerprint density at radius 3 is 2.83 bits per heavy atom. The molecular weight excluding hydrogens is 250 g/mol. The lowest BCUT2D eigenvalue weighted by Gasteiger charge is -2.09. The second kappa shape index (κ2) is 5.74.